The summed E-state index contributed by atoms with van der Waals surface area (Å²) >= 11 is 0. The lowest BCUT2D eigenvalue weighted by atomic mass is 9.84. The average molecular weight is 475 g/mol. The Morgan fingerprint density at radius 3 is 2.62 bits per heavy atom. The number of hydrogen-bond donors (Lipinski definition) is 3. The third kappa shape index (κ3) is 7.04. The second-order valence-electron chi connectivity index (χ2n) is 7.16. The van der Waals surface area contributed by atoms with Gasteiger partial charge in [-0.3, -0.25) is 4.99 Å². The molecule has 0 radical (unpaired) electrons. The SMILES string of the molecule is CCNC(=NCC1(CCO)CCOC1)NCC(C)c1ccc(C)cc1.I. The summed E-state index contributed by atoms with van der Waals surface area (Å²) in [5, 5.41) is 16.1. The predicted octanol–water partition coefficient (Wildman–Crippen LogP) is 3.06. The van der Waals surface area contributed by atoms with Crippen LogP contribution in [0.2, 0.25) is 0 Å². The summed E-state index contributed by atoms with van der Waals surface area (Å²) in [7, 11) is 0. The summed E-state index contributed by atoms with van der Waals surface area (Å²) in [5.74, 6) is 1.25. The van der Waals surface area contributed by atoms with Crippen molar-refractivity contribution in [1.29, 1.82) is 0 Å². The van der Waals surface area contributed by atoms with Gasteiger partial charge < -0.3 is 20.5 Å². The molecule has 0 saturated carbocycles. The normalized spacial score (nSPS) is 21.2. The zero-order valence-corrected chi connectivity index (χ0v) is 18.6. The lowest BCUT2D eigenvalue weighted by Crippen LogP contribution is -2.40. The predicted molar refractivity (Wildman–Crippen MR) is 119 cm³/mol. The molecule has 1 aromatic rings. The van der Waals surface area contributed by atoms with Crippen LogP contribution in [0, 0.1) is 12.3 Å². The molecule has 1 fully saturated rings. The van der Waals surface area contributed by atoms with E-state index in [-0.39, 0.29) is 36.0 Å². The van der Waals surface area contributed by atoms with Gasteiger partial charge in [0.15, 0.2) is 5.96 Å². The number of aryl methyl sites for hydroxylation is 1. The molecule has 0 bridgehead atoms. The van der Waals surface area contributed by atoms with Crippen molar-refractivity contribution in [2.24, 2.45) is 10.4 Å². The van der Waals surface area contributed by atoms with Crippen LogP contribution in [0.3, 0.4) is 0 Å². The van der Waals surface area contributed by atoms with E-state index in [0.717, 1.165) is 38.5 Å². The molecule has 2 rings (SSSR count). The maximum atomic E-state index is 9.35. The quantitative estimate of drug-likeness (QED) is 0.307. The average Bonchev–Trinajstić information content (AvgIpc) is 3.07. The molecular formula is C20H34IN3O2. The third-order valence-electron chi connectivity index (χ3n) is 4.97. The van der Waals surface area contributed by atoms with E-state index in [1.807, 2.05) is 0 Å². The van der Waals surface area contributed by atoms with Gasteiger partial charge in [0.2, 0.25) is 0 Å². The number of guanidine groups is 1. The van der Waals surface area contributed by atoms with Gasteiger partial charge in [0.05, 0.1) is 13.2 Å². The number of ether oxygens (including phenoxy) is 1. The minimum Gasteiger partial charge on any atom is -0.396 e. The first-order chi connectivity index (χ1) is 12.1. The Bertz CT molecular complexity index is 542. The Morgan fingerprint density at radius 2 is 2.04 bits per heavy atom. The molecule has 5 nitrogen and oxygen atoms in total. The van der Waals surface area contributed by atoms with E-state index < -0.39 is 0 Å². The molecule has 1 aliphatic rings. The number of nitrogens with zero attached hydrogens (tertiary/aromatic N) is 1. The van der Waals surface area contributed by atoms with Gasteiger partial charge in [0, 0.05) is 31.7 Å². The van der Waals surface area contributed by atoms with Crippen LogP contribution in [0.4, 0.5) is 0 Å². The summed E-state index contributed by atoms with van der Waals surface area (Å²) in [5.41, 5.74) is 2.60. The number of benzene rings is 1. The van der Waals surface area contributed by atoms with Crippen LogP contribution in [-0.2, 0) is 4.74 Å². The van der Waals surface area contributed by atoms with Crippen LogP contribution in [-0.4, -0.2) is 50.5 Å². The van der Waals surface area contributed by atoms with Crippen molar-refractivity contribution >= 4 is 29.9 Å². The summed E-state index contributed by atoms with van der Waals surface area (Å²) in [6.07, 6.45) is 1.71. The highest BCUT2D eigenvalue weighted by atomic mass is 127. The molecule has 0 aromatic heterocycles. The summed E-state index contributed by atoms with van der Waals surface area (Å²) < 4.78 is 5.55. The first-order valence-electron chi connectivity index (χ1n) is 9.36. The Kier molecular flexibility index (Phi) is 10.5. The number of rotatable bonds is 8. The van der Waals surface area contributed by atoms with E-state index in [1.54, 1.807) is 0 Å². The van der Waals surface area contributed by atoms with Gasteiger partial charge in [0.1, 0.15) is 0 Å². The van der Waals surface area contributed by atoms with Gasteiger partial charge in [-0.25, -0.2) is 0 Å². The monoisotopic (exact) mass is 475 g/mol. The van der Waals surface area contributed by atoms with Crippen LogP contribution in [0.15, 0.2) is 29.3 Å². The van der Waals surface area contributed by atoms with E-state index in [4.69, 9.17) is 9.73 Å². The Labute approximate surface area is 175 Å². The Hall–Kier alpha value is -0.860. The van der Waals surface area contributed by atoms with E-state index >= 15 is 0 Å². The van der Waals surface area contributed by atoms with Crippen molar-refractivity contribution in [1.82, 2.24) is 10.6 Å². The van der Waals surface area contributed by atoms with Crippen molar-refractivity contribution in [2.45, 2.75) is 39.5 Å². The van der Waals surface area contributed by atoms with Crippen molar-refractivity contribution in [3.63, 3.8) is 0 Å². The van der Waals surface area contributed by atoms with Crippen LogP contribution in [0.5, 0.6) is 0 Å². The molecule has 148 valence electrons. The molecule has 0 spiro atoms. The Balaban J connectivity index is 0.00000338. The number of nitrogens with one attached hydrogen (secondary N) is 2. The summed E-state index contributed by atoms with van der Waals surface area (Å²) in [6.45, 7) is 10.4. The van der Waals surface area contributed by atoms with Crippen LogP contribution < -0.4 is 10.6 Å². The first kappa shape index (κ1) is 23.2. The highest BCUT2D eigenvalue weighted by Crippen LogP contribution is 2.32. The van der Waals surface area contributed by atoms with Crippen molar-refractivity contribution in [2.75, 3.05) is 39.5 Å². The van der Waals surface area contributed by atoms with E-state index in [9.17, 15) is 5.11 Å². The van der Waals surface area contributed by atoms with E-state index in [0.29, 0.717) is 19.1 Å². The van der Waals surface area contributed by atoms with Gasteiger partial charge in [0.25, 0.3) is 0 Å². The second kappa shape index (κ2) is 11.8. The second-order valence-corrected chi connectivity index (χ2v) is 7.16. The van der Waals surface area contributed by atoms with Crippen LogP contribution in [0.25, 0.3) is 0 Å². The molecule has 1 saturated heterocycles. The highest BCUT2D eigenvalue weighted by molar-refractivity contribution is 14.0. The van der Waals surface area contributed by atoms with E-state index in [2.05, 4.69) is 55.7 Å². The zero-order valence-electron chi connectivity index (χ0n) is 16.3. The molecule has 0 amide bonds. The number of hydrogen-bond acceptors (Lipinski definition) is 3. The minimum atomic E-state index is -0.0142. The van der Waals surface area contributed by atoms with Crippen molar-refractivity contribution in [3.05, 3.63) is 35.4 Å². The maximum absolute atomic E-state index is 9.35. The summed E-state index contributed by atoms with van der Waals surface area (Å²) in [6, 6.07) is 8.70. The molecular weight excluding hydrogens is 441 g/mol. The first-order valence-corrected chi connectivity index (χ1v) is 9.36. The molecule has 26 heavy (non-hydrogen) atoms. The highest BCUT2D eigenvalue weighted by Gasteiger charge is 2.34. The zero-order chi connectivity index (χ0) is 18.1. The molecule has 2 unspecified atom stereocenters. The van der Waals surface area contributed by atoms with Crippen LogP contribution in [0.1, 0.15) is 43.7 Å². The molecule has 6 heteroatoms. The Morgan fingerprint density at radius 1 is 1.31 bits per heavy atom. The van der Waals surface area contributed by atoms with Gasteiger partial charge in [-0.2, -0.15) is 0 Å². The number of aliphatic hydroxyl groups excluding tert-OH is 1. The number of aliphatic hydroxyl groups is 1. The van der Waals surface area contributed by atoms with E-state index in [1.165, 1.54) is 11.1 Å². The van der Waals surface area contributed by atoms with Gasteiger partial charge in [-0.15, -0.1) is 24.0 Å². The van der Waals surface area contributed by atoms with Crippen molar-refractivity contribution in [3.8, 4) is 0 Å². The smallest absolute Gasteiger partial charge is 0.191 e. The molecule has 1 heterocycles. The van der Waals surface area contributed by atoms with Gasteiger partial charge >= 0.3 is 0 Å². The van der Waals surface area contributed by atoms with Gasteiger partial charge in [-0.1, -0.05) is 36.8 Å². The molecule has 1 aromatic carbocycles. The molecule has 3 N–H and O–H groups in total. The number of halogens is 1. The number of aliphatic imine (C=N–C) groups is 1. The minimum absolute atomic E-state index is 0. The molecule has 2 atom stereocenters. The summed E-state index contributed by atoms with van der Waals surface area (Å²) in [4.78, 5) is 4.77. The largest absolute Gasteiger partial charge is 0.396 e. The standard InChI is InChI=1S/C20H33N3O2.HI/c1-4-21-19(23-14-20(9-11-24)10-12-25-15-20)22-13-17(3)18-7-5-16(2)6-8-18;/h5-8,17,24H,4,9-15H2,1-3H3,(H2,21,22,23);1H. The lowest BCUT2D eigenvalue weighted by Gasteiger charge is -2.25. The molecule has 0 aliphatic carbocycles. The van der Waals surface area contributed by atoms with Crippen molar-refractivity contribution < 1.29 is 9.84 Å². The maximum Gasteiger partial charge on any atom is 0.191 e. The third-order valence-corrected chi connectivity index (χ3v) is 4.97. The fourth-order valence-corrected chi connectivity index (χ4v) is 3.14. The fraction of sp³-hybridized carbons (Fsp3) is 0.650. The molecule has 1 aliphatic heterocycles. The lowest BCUT2D eigenvalue weighted by molar-refractivity contribution is 0.131. The van der Waals surface area contributed by atoms with Crippen LogP contribution >= 0.6 is 24.0 Å². The topological polar surface area (TPSA) is 65.9 Å². The fourth-order valence-electron chi connectivity index (χ4n) is 3.14. The van der Waals surface area contributed by atoms with Gasteiger partial charge in [-0.05, 0) is 38.2 Å².